The first-order valence-corrected chi connectivity index (χ1v) is 4.85. The monoisotopic (exact) mass is 208 g/mol. The predicted molar refractivity (Wildman–Crippen MR) is 57.9 cm³/mol. The molecule has 15 heavy (non-hydrogen) atoms. The Balaban J connectivity index is 2.68. The highest BCUT2D eigenvalue weighted by Crippen LogP contribution is 2.07. The molecule has 0 fully saturated rings. The minimum absolute atomic E-state index is 0.271. The van der Waals surface area contributed by atoms with Crippen LogP contribution >= 0.6 is 0 Å². The van der Waals surface area contributed by atoms with Crippen molar-refractivity contribution in [3.05, 3.63) is 35.9 Å². The van der Waals surface area contributed by atoms with Gasteiger partial charge in [-0.2, -0.15) is 0 Å². The van der Waals surface area contributed by atoms with Gasteiger partial charge >= 0.3 is 5.97 Å². The molecule has 4 N–H and O–H groups in total. The van der Waals surface area contributed by atoms with Gasteiger partial charge in [0.15, 0.2) is 5.66 Å². The molecule has 0 aliphatic heterocycles. The molecule has 0 amide bonds. The fourth-order valence-electron chi connectivity index (χ4n) is 1.27. The SMILES string of the molecule is CCOC(=O)C(N)(N)Cc1ccccc1. The lowest BCUT2D eigenvalue weighted by Gasteiger charge is -2.21. The summed E-state index contributed by atoms with van der Waals surface area (Å²) in [6.07, 6.45) is 0.271. The number of ether oxygens (including phenoxy) is 1. The van der Waals surface area contributed by atoms with Crippen LogP contribution in [0.15, 0.2) is 30.3 Å². The van der Waals surface area contributed by atoms with Gasteiger partial charge < -0.3 is 16.2 Å². The number of hydrogen-bond acceptors (Lipinski definition) is 4. The Labute approximate surface area is 89.2 Å². The zero-order valence-corrected chi connectivity index (χ0v) is 8.77. The van der Waals surface area contributed by atoms with Crippen molar-refractivity contribution in [3.8, 4) is 0 Å². The second-order valence-electron chi connectivity index (χ2n) is 3.42. The first kappa shape index (κ1) is 11.7. The van der Waals surface area contributed by atoms with Gasteiger partial charge in [0.2, 0.25) is 0 Å². The van der Waals surface area contributed by atoms with E-state index in [1.165, 1.54) is 0 Å². The second kappa shape index (κ2) is 4.91. The van der Waals surface area contributed by atoms with E-state index < -0.39 is 11.6 Å². The van der Waals surface area contributed by atoms with Crippen LogP contribution in [0, 0.1) is 0 Å². The zero-order valence-electron chi connectivity index (χ0n) is 8.77. The van der Waals surface area contributed by atoms with Crippen LogP contribution in [0.5, 0.6) is 0 Å². The number of carbonyl (C=O) groups excluding carboxylic acids is 1. The minimum atomic E-state index is -1.45. The molecule has 0 bridgehead atoms. The molecule has 82 valence electrons. The molecule has 0 aliphatic rings. The van der Waals surface area contributed by atoms with Gasteiger partial charge in [-0.15, -0.1) is 0 Å². The van der Waals surface area contributed by atoms with Crippen molar-refractivity contribution >= 4 is 5.97 Å². The minimum Gasteiger partial charge on any atom is -0.464 e. The highest BCUT2D eigenvalue weighted by atomic mass is 16.5. The van der Waals surface area contributed by atoms with Crippen LogP contribution in [0.3, 0.4) is 0 Å². The average molecular weight is 208 g/mol. The third-order valence-electron chi connectivity index (χ3n) is 1.99. The van der Waals surface area contributed by atoms with Gasteiger partial charge in [0.1, 0.15) is 0 Å². The van der Waals surface area contributed by atoms with Crippen LogP contribution in [0.4, 0.5) is 0 Å². The molecule has 0 radical (unpaired) electrons. The molecule has 0 aromatic heterocycles. The molecule has 1 rings (SSSR count). The Morgan fingerprint density at radius 1 is 1.33 bits per heavy atom. The van der Waals surface area contributed by atoms with E-state index in [1.54, 1.807) is 6.92 Å². The molecule has 1 aromatic rings. The maximum absolute atomic E-state index is 11.4. The number of esters is 1. The topological polar surface area (TPSA) is 78.3 Å². The van der Waals surface area contributed by atoms with Gasteiger partial charge in [-0.25, -0.2) is 4.79 Å². The summed E-state index contributed by atoms with van der Waals surface area (Å²) < 4.78 is 4.79. The smallest absolute Gasteiger partial charge is 0.341 e. The lowest BCUT2D eigenvalue weighted by atomic mass is 10.0. The van der Waals surface area contributed by atoms with Crippen molar-refractivity contribution in [1.82, 2.24) is 0 Å². The quantitative estimate of drug-likeness (QED) is 0.554. The largest absolute Gasteiger partial charge is 0.464 e. The van der Waals surface area contributed by atoms with Crippen molar-refractivity contribution in [2.45, 2.75) is 19.0 Å². The molecule has 0 heterocycles. The Hall–Kier alpha value is -1.39. The van der Waals surface area contributed by atoms with Gasteiger partial charge in [0.05, 0.1) is 6.61 Å². The highest BCUT2D eigenvalue weighted by Gasteiger charge is 2.30. The van der Waals surface area contributed by atoms with Crippen LogP contribution in [0.25, 0.3) is 0 Å². The molecule has 0 aliphatic carbocycles. The maximum Gasteiger partial charge on any atom is 0.341 e. The maximum atomic E-state index is 11.4. The van der Waals surface area contributed by atoms with Crippen molar-refractivity contribution in [2.24, 2.45) is 11.5 Å². The van der Waals surface area contributed by atoms with Crippen molar-refractivity contribution in [3.63, 3.8) is 0 Å². The number of nitrogens with two attached hydrogens (primary N) is 2. The lowest BCUT2D eigenvalue weighted by Crippen LogP contribution is -2.58. The molecular formula is C11H16N2O2. The van der Waals surface area contributed by atoms with Gasteiger partial charge in [-0.05, 0) is 12.5 Å². The molecule has 0 atom stereocenters. The Morgan fingerprint density at radius 3 is 2.47 bits per heavy atom. The summed E-state index contributed by atoms with van der Waals surface area (Å²) in [5, 5.41) is 0. The number of benzene rings is 1. The second-order valence-corrected chi connectivity index (χ2v) is 3.42. The van der Waals surface area contributed by atoms with Crippen LogP contribution in [-0.4, -0.2) is 18.2 Å². The number of hydrogen-bond donors (Lipinski definition) is 2. The number of rotatable bonds is 4. The fourth-order valence-corrected chi connectivity index (χ4v) is 1.27. The van der Waals surface area contributed by atoms with Crippen molar-refractivity contribution in [1.29, 1.82) is 0 Å². The molecule has 4 heteroatoms. The molecule has 0 saturated carbocycles. The van der Waals surface area contributed by atoms with E-state index in [4.69, 9.17) is 16.2 Å². The summed E-state index contributed by atoms with van der Waals surface area (Å²) in [5.74, 6) is -0.575. The Bertz CT molecular complexity index is 323. The van der Waals surface area contributed by atoms with Gasteiger partial charge in [0.25, 0.3) is 0 Å². The van der Waals surface area contributed by atoms with E-state index in [1.807, 2.05) is 30.3 Å². The number of carbonyl (C=O) groups is 1. The molecule has 0 unspecified atom stereocenters. The van der Waals surface area contributed by atoms with Crippen LogP contribution in [0.2, 0.25) is 0 Å². The Kier molecular flexibility index (Phi) is 3.82. The molecule has 4 nitrogen and oxygen atoms in total. The van der Waals surface area contributed by atoms with E-state index >= 15 is 0 Å². The summed E-state index contributed by atoms with van der Waals surface area (Å²) in [6, 6.07) is 9.37. The van der Waals surface area contributed by atoms with Crippen LogP contribution < -0.4 is 11.5 Å². The molecular weight excluding hydrogens is 192 g/mol. The van der Waals surface area contributed by atoms with Gasteiger partial charge in [-0.3, -0.25) is 0 Å². The highest BCUT2D eigenvalue weighted by molar-refractivity contribution is 5.80. The summed E-state index contributed by atoms with van der Waals surface area (Å²) in [7, 11) is 0. The first-order valence-electron chi connectivity index (χ1n) is 4.85. The van der Waals surface area contributed by atoms with E-state index in [2.05, 4.69) is 0 Å². The average Bonchev–Trinajstić information content (AvgIpc) is 2.19. The first-order chi connectivity index (χ1) is 7.06. The molecule has 0 spiro atoms. The third kappa shape index (κ3) is 3.34. The summed E-state index contributed by atoms with van der Waals surface area (Å²) >= 11 is 0. The van der Waals surface area contributed by atoms with Gasteiger partial charge in [0, 0.05) is 6.42 Å². The fraction of sp³-hybridized carbons (Fsp3) is 0.364. The van der Waals surface area contributed by atoms with Crippen LogP contribution in [-0.2, 0) is 16.0 Å². The summed E-state index contributed by atoms with van der Waals surface area (Å²) in [6.45, 7) is 2.00. The standard InChI is InChI=1S/C11H16N2O2/c1-2-15-10(14)11(12,13)8-9-6-4-3-5-7-9/h3-7H,2,8,12-13H2,1H3. The summed E-state index contributed by atoms with van der Waals surface area (Å²) in [5.41, 5.74) is 10.8. The van der Waals surface area contributed by atoms with E-state index in [0.717, 1.165) is 5.56 Å². The molecule has 0 saturated heterocycles. The van der Waals surface area contributed by atoms with E-state index in [-0.39, 0.29) is 13.0 Å². The van der Waals surface area contributed by atoms with Gasteiger partial charge in [-0.1, -0.05) is 30.3 Å². The normalized spacial score (nSPS) is 11.1. The van der Waals surface area contributed by atoms with Crippen molar-refractivity contribution in [2.75, 3.05) is 6.61 Å². The predicted octanol–water partition coefficient (Wildman–Crippen LogP) is 0.406. The lowest BCUT2D eigenvalue weighted by molar-refractivity contribution is -0.149. The van der Waals surface area contributed by atoms with Crippen molar-refractivity contribution < 1.29 is 9.53 Å². The Morgan fingerprint density at radius 2 is 1.93 bits per heavy atom. The van der Waals surface area contributed by atoms with E-state index in [0.29, 0.717) is 0 Å². The third-order valence-corrected chi connectivity index (χ3v) is 1.99. The zero-order chi connectivity index (χ0) is 11.3. The molecule has 1 aromatic carbocycles. The van der Waals surface area contributed by atoms with Crippen LogP contribution in [0.1, 0.15) is 12.5 Å². The summed E-state index contributed by atoms with van der Waals surface area (Å²) in [4.78, 5) is 11.4. The van der Waals surface area contributed by atoms with E-state index in [9.17, 15) is 4.79 Å².